The molecule has 0 spiro atoms. The number of hydrogen-bond donors (Lipinski definition) is 0. The standard InChI is InChI=1S/C27H44O4.2C25H32O4.C24H30O4.C20H30O4/c1-22(2)15-10-6-5-8-12-19-30-26(28)24-17-14-18-25(21-24)27(29)31-20-13-9-7-11-16-23(3)4;1-20(2)12-7-4-3-5-10-17-28-24(26)22-15-11-16-23(18-22)25(27)29-19-21-13-8-6-9-14-21;1-3-5-7-12-20(11-4-2)18-28-24(26)22-15-10-16-23(17-22)25(27)29-19-21-13-8-6-9-14-21;1-19(2)11-6-3-4-9-16-27-23(25)21-14-10-15-22(17-21)24(26)28-18-20-12-7-5-8-13-20;1-4-7-10-16(6-3)15-24-20(22)18-12-9-11-17(14-18)19(21)23-13-8-5-2/h14,17-18,21-23H,5-13,15-16,19-20H2,1-4H3;6,8-9,11,13-16,18,20H,3-5,7,10,12,17,19H2,1-2H3;6,8-10,13-17,20H,3-5,7,11-12,18-19H2,1-2H3;5,7-8,10,12-15,17,19H,3-4,6,9,11,16,18H2,1-2H3;9,11-12,14,16H,4-8,10,13,15H2,1-3H3. The summed E-state index contributed by atoms with van der Waals surface area (Å²) in [5.41, 5.74) is 6.50. The molecule has 0 aliphatic carbocycles. The molecule has 141 heavy (non-hydrogen) atoms. The van der Waals surface area contributed by atoms with Gasteiger partial charge in [0.1, 0.15) is 19.8 Å². The Balaban J connectivity index is 0.000000368. The third-order valence-corrected chi connectivity index (χ3v) is 23.5. The molecule has 0 radical (unpaired) electrons. The first-order valence-corrected chi connectivity index (χ1v) is 52.6. The first kappa shape index (κ1) is 122. The summed E-state index contributed by atoms with van der Waals surface area (Å²) in [6.07, 6.45) is 38.0. The van der Waals surface area contributed by atoms with Crippen LogP contribution in [0.1, 0.15) is 429 Å². The van der Waals surface area contributed by atoms with Crippen molar-refractivity contribution in [2.45, 2.75) is 328 Å². The lowest BCUT2D eigenvalue weighted by Gasteiger charge is -2.16. The minimum Gasteiger partial charge on any atom is -0.462 e. The van der Waals surface area contributed by atoms with E-state index in [2.05, 4.69) is 83.1 Å². The summed E-state index contributed by atoms with van der Waals surface area (Å²) in [5.74, 6) is -0.261. The maximum Gasteiger partial charge on any atom is 0.338 e. The zero-order valence-electron chi connectivity index (χ0n) is 87.4. The first-order valence-electron chi connectivity index (χ1n) is 52.6. The highest BCUT2D eigenvalue weighted by molar-refractivity contribution is 5.98. The van der Waals surface area contributed by atoms with Crippen LogP contribution in [0.5, 0.6) is 0 Å². The highest BCUT2D eigenvalue weighted by atomic mass is 16.6. The fourth-order valence-electron chi connectivity index (χ4n) is 14.9. The smallest absolute Gasteiger partial charge is 0.338 e. The van der Waals surface area contributed by atoms with Crippen molar-refractivity contribution in [1.82, 2.24) is 0 Å². The van der Waals surface area contributed by atoms with Crippen LogP contribution in [0.25, 0.3) is 0 Å². The number of ether oxygens (including phenoxy) is 10. The summed E-state index contributed by atoms with van der Waals surface area (Å²) in [4.78, 5) is 122. The summed E-state index contributed by atoms with van der Waals surface area (Å²) < 4.78 is 53.5. The molecular formula is C121H168O20. The van der Waals surface area contributed by atoms with Gasteiger partial charge in [-0.1, -0.05) is 378 Å². The molecule has 20 heteroatoms. The lowest BCUT2D eigenvalue weighted by Crippen LogP contribution is -2.15. The average Bonchev–Trinajstić information content (AvgIpc) is 0.878. The lowest BCUT2D eigenvalue weighted by atomic mass is 9.97. The lowest BCUT2D eigenvalue weighted by molar-refractivity contribution is 0.0415. The van der Waals surface area contributed by atoms with Crippen LogP contribution in [0.4, 0.5) is 0 Å². The Morgan fingerprint density at radius 2 is 0.404 bits per heavy atom. The molecular weight excluding hydrogens is 1770 g/mol. The number of rotatable bonds is 63. The van der Waals surface area contributed by atoms with E-state index >= 15 is 0 Å². The third kappa shape index (κ3) is 57.8. The van der Waals surface area contributed by atoms with E-state index in [-0.39, 0.29) is 43.7 Å². The number of carbonyl (C=O) groups is 10. The van der Waals surface area contributed by atoms with Gasteiger partial charge >= 0.3 is 59.7 Å². The maximum atomic E-state index is 12.5. The second kappa shape index (κ2) is 77.2. The third-order valence-electron chi connectivity index (χ3n) is 23.5. The van der Waals surface area contributed by atoms with Crippen molar-refractivity contribution in [2.75, 3.05) is 46.2 Å². The molecule has 0 heterocycles. The van der Waals surface area contributed by atoms with Gasteiger partial charge in [0.2, 0.25) is 0 Å². The molecule has 0 amide bonds. The molecule has 0 aliphatic heterocycles. The molecule has 2 atom stereocenters. The van der Waals surface area contributed by atoms with Crippen molar-refractivity contribution in [2.24, 2.45) is 35.5 Å². The molecule has 0 fully saturated rings. The van der Waals surface area contributed by atoms with Crippen molar-refractivity contribution in [3.8, 4) is 0 Å². The zero-order chi connectivity index (χ0) is 103. The Bertz CT molecular complexity index is 4750. The largest absolute Gasteiger partial charge is 0.462 e. The van der Waals surface area contributed by atoms with Gasteiger partial charge in [-0.25, -0.2) is 47.9 Å². The molecule has 772 valence electrons. The van der Waals surface area contributed by atoms with Gasteiger partial charge in [-0.15, -0.1) is 0 Å². The molecule has 2 unspecified atom stereocenters. The topological polar surface area (TPSA) is 263 Å². The number of esters is 10. The number of unbranched alkanes of at least 4 members (excludes halogenated alkanes) is 18. The monoisotopic (exact) mass is 1940 g/mol. The average molecular weight is 1940 g/mol. The Hall–Kier alpha value is -11.5. The molecule has 8 aromatic rings. The summed E-state index contributed by atoms with van der Waals surface area (Å²) in [5, 5.41) is 0. The highest BCUT2D eigenvalue weighted by Crippen LogP contribution is 2.24. The van der Waals surface area contributed by atoms with Crippen molar-refractivity contribution in [3.05, 3.63) is 285 Å². The molecule has 8 aromatic carbocycles. The van der Waals surface area contributed by atoms with Crippen LogP contribution < -0.4 is 0 Å². The normalized spacial score (nSPS) is 11.2. The van der Waals surface area contributed by atoms with Crippen molar-refractivity contribution >= 4 is 59.7 Å². The van der Waals surface area contributed by atoms with Gasteiger partial charge < -0.3 is 47.4 Å². The summed E-state index contributed by atoms with van der Waals surface area (Å²) in [6.45, 7) is 32.1. The van der Waals surface area contributed by atoms with E-state index in [4.69, 9.17) is 47.4 Å². The van der Waals surface area contributed by atoms with Crippen LogP contribution in [0.15, 0.2) is 212 Å². The van der Waals surface area contributed by atoms with Crippen molar-refractivity contribution in [3.63, 3.8) is 0 Å². The van der Waals surface area contributed by atoms with E-state index in [0.29, 0.717) is 114 Å². The van der Waals surface area contributed by atoms with Gasteiger partial charge in [0.05, 0.1) is 102 Å². The van der Waals surface area contributed by atoms with Crippen LogP contribution >= 0.6 is 0 Å². The van der Waals surface area contributed by atoms with Gasteiger partial charge in [0, 0.05) is 0 Å². The van der Waals surface area contributed by atoms with Crippen LogP contribution in [-0.4, -0.2) is 106 Å². The molecule has 8 rings (SSSR count). The van der Waals surface area contributed by atoms with Gasteiger partial charge in [0.15, 0.2) is 0 Å². The van der Waals surface area contributed by atoms with Crippen LogP contribution in [0.3, 0.4) is 0 Å². The summed E-state index contributed by atoms with van der Waals surface area (Å²) in [6, 6.07) is 61.2. The first-order chi connectivity index (χ1) is 68.3. The molecule has 0 bridgehead atoms. The number of benzene rings is 8. The molecule has 0 aromatic heterocycles. The number of carbonyl (C=O) groups excluding carboxylic acids is 10. The highest BCUT2D eigenvalue weighted by Gasteiger charge is 2.22. The Morgan fingerprint density at radius 1 is 0.191 bits per heavy atom. The van der Waals surface area contributed by atoms with Gasteiger partial charge in [0.25, 0.3) is 0 Å². The van der Waals surface area contributed by atoms with E-state index in [1.54, 1.807) is 109 Å². The van der Waals surface area contributed by atoms with Crippen molar-refractivity contribution < 1.29 is 95.3 Å². The Morgan fingerprint density at radius 3 is 0.645 bits per heavy atom. The fraction of sp³-hybridized carbons (Fsp3) is 0.521. The van der Waals surface area contributed by atoms with E-state index in [9.17, 15) is 47.9 Å². The summed E-state index contributed by atoms with van der Waals surface area (Å²) >= 11 is 0. The molecule has 0 aliphatic rings. The quantitative estimate of drug-likeness (QED) is 0.0195. The Labute approximate surface area is 844 Å². The SMILES string of the molecule is CC(C)CCCCCCCOC(=O)c1cccc(C(=O)OCCCCCCC(C)C)c1.CC(C)CCCCCCCOC(=O)c1cccc(C(=O)OCc2ccccc2)c1.CC(C)CCCCCCOC(=O)c1cccc(C(=O)OCc2ccccc2)c1.CCCCCC(CCC)COC(=O)c1cccc(C(=O)OCc2ccccc2)c1.CCCCOC(=O)c1cccc(C(=O)OCC(CC)CCCC)c1. The van der Waals surface area contributed by atoms with Crippen LogP contribution in [-0.2, 0) is 67.2 Å². The van der Waals surface area contributed by atoms with E-state index in [0.717, 1.165) is 150 Å². The predicted octanol–water partition coefficient (Wildman–Crippen LogP) is 30.8. The minimum atomic E-state index is -0.455. The Kier molecular flexibility index (Phi) is 66.6. The fourth-order valence-corrected chi connectivity index (χ4v) is 14.9. The van der Waals surface area contributed by atoms with E-state index in [1.165, 1.54) is 121 Å². The van der Waals surface area contributed by atoms with Gasteiger partial charge in [-0.3, -0.25) is 0 Å². The molecule has 0 saturated heterocycles. The van der Waals surface area contributed by atoms with Gasteiger partial charge in [-0.05, 0) is 195 Å². The second-order valence-electron chi connectivity index (χ2n) is 38.0. The predicted molar refractivity (Wildman–Crippen MR) is 563 cm³/mol. The van der Waals surface area contributed by atoms with Crippen LogP contribution in [0, 0.1) is 35.5 Å². The summed E-state index contributed by atoms with van der Waals surface area (Å²) in [7, 11) is 0. The zero-order valence-corrected chi connectivity index (χ0v) is 87.4. The number of hydrogen-bond acceptors (Lipinski definition) is 20. The van der Waals surface area contributed by atoms with E-state index in [1.807, 2.05) is 97.9 Å². The molecule has 0 N–H and O–H groups in total. The molecule has 0 saturated carbocycles. The van der Waals surface area contributed by atoms with Gasteiger partial charge in [-0.2, -0.15) is 0 Å². The van der Waals surface area contributed by atoms with E-state index < -0.39 is 35.8 Å². The second-order valence-corrected chi connectivity index (χ2v) is 38.0. The van der Waals surface area contributed by atoms with Crippen molar-refractivity contribution in [1.29, 1.82) is 0 Å². The minimum absolute atomic E-state index is 0.199. The maximum absolute atomic E-state index is 12.5. The molecule has 20 nitrogen and oxygen atoms in total. The van der Waals surface area contributed by atoms with Crippen LogP contribution in [0.2, 0.25) is 0 Å².